The molecule has 5 aromatic carbocycles. The van der Waals surface area contributed by atoms with Gasteiger partial charge < -0.3 is 14.0 Å². The molecule has 0 aliphatic carbocycles. The van der Waals surface area contributed by atoms with E-state index in [-0.39, 0.29) is 31.4 Å². The number of para-hydroxylation sites is 3. The van der Waals surface area contributed by atoms with Crippen molar-refractivity contribution in [3.8, 4) is 28.3 Å². The van der Waals surface area contributed by atoms with Crippen molar-refractivity contribution in [2.45, 2.75) is 66.0 Å². The molecule has 6 heteroatoms. The van der Waals surface area contributed by atoms with E-state index in [2.05, 4.69) is 117 Å². The quantitative estimate of drug-likeness (QED) is 0.123. The molecule has 4 nitrogen and oxygen atoms in total. The van der Waals surface area contributed by atoms with Crippen LogP contribution in [-0.4, -0.2) is 22.6 Å². The summed E-state index contributed by atoms with van der Waals surface area (Å²) >= 11 is 0. The maximum absolute atomic E-state index is 8.55. The summed E-state index contributed by atoms with van der Waals surface area (Å²) in [5.74, 6) is 0.747. The van der Waals surface area contributed by atoms with Crippen LogP contribution < -0.4 is 5.19 Å². The van der Waals surface area contributed by atoms with Crippen LogP contribution in [0.4, 0.5) is 0 Å². The maximum atomic E-state index is 8.55. The van der Waals surface area contributed by atoms with Crippen LogP contribution >= 0.6 is 0 Å². The van der Waals surface area contributed by atoms with Crippen LogP contribution in [-0.2, 0) is 31.9 Å². The molecule has 8 aromatic rings. The van der Waals surface area contributed by atoms with Gasteiger partial charge in [-0.2, -0.15) is 0 Å². The first-order chi connectivity index (χ1) is 25.6. The molecule has 53 heavy (non-hydrogen) atoms. The van der Waals surface area contributed by atoms with E-state index < -0.39 is 14.4 Å². The first kappa shape index (κ1) is 35.4. The summed E-state index contributed by atoms with van der Waals surface area (Å²) in [4.78, 5) is 9.61. The van der Waals surface area contributed by atoms with Crippen LogP contribution in [0.5, 0.6) is 0 Å². The van der Waals surface area contributed by atoms with Gasteiger partial charge in [-0.3, -0.25) is 4.98 Å². The van der Waals surface area contributed by atoms with E-state index in [1.165, 1.54) is 5.56 Å². The number of benzene rings is 5. The predicted octanol–water partition coefficient (Wildman–Crippen LogP) is 12.0. The molecule has 8 rings (SSSR count). The Morgan fingerprint density at radius 2 is 1.55 bits per heavy atom. The Morgan fingerprint density at radius 1 is 0.830 bits per heavy atom. The topological polar surface area (TPSA) is 43.9 Å². The van der Waals surface area contributed by atoms with Gasteiger partial charge in [-0.15, -0.1) is 54.1 Å². The molecule has 3 aromatic heterocycles. The van der Waals surface area contributed by atoms with Crippen LogP contribution in [0.25, 0.3) is 61.3 Å². The van der Waals surface area contributed by atoms with E-state index >= 15 is 0 Å². The molecule has 3 heterocycles. The number of nitrogens with zero attached hydrogens (tertiary/aromatic N) is 3. The third-order valence-electron chi connectivity index (χ3n) is 9.26. The summed E-state index contributed by atoms with van der Waals surface area (Å²) in [6.07, 6.45) is 0.528. The molecule has 0 atom stereocenters. The second-order valence-electron chi connectivity index (χ2n) is 15.7. The van der Waals surface area contributed by atoms with E-state index in [0.717, 1.165) is 72.1 Å². The van der Waals surface area contributed by atoms with E-state index in [9.17, 15) is 0 Å². The second-order valence-corrected chi connectivity index (χ2v) is 20.7. The zero-order valence-corrected chi connectivity index (χ0v) is 35.1. The third-order valence-corrected chi connectivity index (χ3v) is 11.3. The molecule has 0 spiro atoms. The van der Waals surface area contributed by atoms with Gasteiger partial charge in [0.15, 0.2) is 0 Å². The number of fused-ring (bicyclic) bond motifs is 4. The molecule has 0 N–H and O–H groups in total. The largest absolute Gasteiger partial charge is 0.501 e. The second kappa shape index (κ2) is 15.4. The Bertz CT molecular complexity index is 2580. The minimum atomic E-state index is -1.67. The standard InChI is InChI=1S/C29H23N2O.C18H24NSi.Ir/c1-29(2,3)19-15-17-20(18-16-19)31-25-13-6-5-12-24(25)30-28(31)23-11-8-10-22-21-9-4-7-14-26(21)32-27(22)23;1-14(2)11-16-12-17(15-9-7-6-8-10-15)19-13-18(16)20(3,4)5;/h4-10,12-18H,1-3H3;6-9,12-14H,11H2,1-5H3;/q2*-1;/i;11D2;. The van der Waals surface area contributed by atoms with Gasteiger partial charge in [-0.25, -0.2) is 0 Å². The molecule has 0 bridgehead atoms. The van der Waals surface area contributed by atoms with E-state index in [4.69, 9.17) is 12.1 Å². The molecule has 0 fully saturated rings. The zero-order chi connectivity index (χ0) is 38.4. The number of hydrogen-bond donors (Lipinski definition) is 0. The predicted molar refractivity (Wildman–Crippen MR) is 221 cm³/mol. The first-order valence-electron chi connectivity index (χ1n) is 19.0. The molecule has 271 valence electrons. The van der Waals surface area contributed by atoms with Gasteiger partial charge >= 0.3 is 0 Å². The van der Waals surface area contributed by atoms with Crippen LogP contribution in [0.15, 0.2) is 126 Å². The van der Waals surface area contributed by atoms with Crippen LogP contribution in [0.3, 0.4) is 0 Å². The van der Waals surface area contributed by atoms with Gasteiger partial charge in [0.1, 0.15) is 5.58 Å². The molecule has 0 saturated carbocycles. The summed E-state index contributed by atoms with van der Waals surface area (Å²) in [6, 6.07) is 45.4. The normalized spacial score (nSPS) is 12.7. The molecule has 0 aliphatic rings. The fourth-order valence-corrected chi connectivity index (χ4v) is 8.01. The number of furan rings is 1. The molecular formula is C47H47IrN3OSi-2. The van der Waals surface area contributed by atoms with E-state index in [1.54, 1.807) is 0 Å². The average molecular weight is 892 g/mol. The van der Waals surface area contributed by atoms with Crippen molar-refractivity contribution in [1.29, 1.82) is 0 Å². The summed E-state index contributed by atoms with van der Waals surface area (Å²) in [5.41, 5.74) is 9.55. The molecule has 0 saturated heterocycles. The van der Waals surface area contributed by atoms with Crippen molar-refractivity contribution < 1.29 is 27.3 Å². The number of pyridine rings is 1. The van der Waals surface area contributed by atoms with Crippen molar-refractivity contribution in [2.24, 2.45) is 5.92 Å². The Labute approximate surface area is 331 Å². The number of imidazole rings is 1. The van der Waals surface area contributed by atoms with Crippen LogP contribution in [0.1, 0.15) is 48.5 Å². The molecular weight excluding hydrogens is 843 g/mol. The zero-order valence-electron chi connectivity index (χ0n) is 33.7. The monoisotopic (exact) mass is 892 g/mol. The fraction of sp³-hybridized carbons (Fsp3) is 0.234. The minimum absolute atomic E-state index is 0. The number of aromatic nitrogens is 3. The SMILES string of the molecule is CC(C)(C)c1ccc(-n2c(-c3[c-]ccc4c3oc3ccccc34)nc3ccccc32)cc1.[2H]C([2H])(c1cc(-c2[c-]cccc2)ncc1[Si](C)(C)C)C(C)C.[Ir]. The van der Waals surface area contributed by atoms with Crippen molar-refractivity contribution in [2.75, 3.05) is 0 Å². The Kier molecular flexibility index (Phi) is 10.3. The van der Waals surface area contributed by atoms with Crippen LogP contribution in [0, 0.1) is 18.1 Å². The summed E-state index contributed by atoms with van der Waals surface area (Å²) < 4.78 is 25.6. The Balaban J connectivity index is 0.000000198. The number of rotatable bonds is 6. The van der Waals surface area contributed by atoms with Crippen LogP contribution in [0.2, 0.25) is 19.6 Å². The van der Waals surface area contributed by atoms with Crippen molar-refractivity contribution in [3.63, 3.8) is 0 Å². The summed E-state index contributed by atoms with van der Waals surface area (Å²) in [7, 11) is -1.67. The van der Waals surface area contributed by atoms with Crippen molar-refractivity contribution in [1.82, 2.24) is 14.5 Å². The molecule has 0 aliphatic heterocycles. The van der Waals surface area contributed by atoms with Gasteiger partial charge in [-0.1, -0.05) is 119 Å². The Morgan fingerprint density at radius 3 is 2.25 bits per heavy atom. The van der Waals surface area contributed by atoms with E-state index in [0.29, 0.717) is 0 Å². The summed E-state index contributed by atoms with van der Waals surface area (Å²) in [6.45, 7) is 17.3. The average Bonchev–Trinajstić information content (AvgIpc) is 3.73. The van der Waals surface area contributed by atoms with Crippen molar-refractivity contribution >= 4 is 46.2 Å². The Hall–Kier alpha value is -4.61. The maximum Gasteiger partial charge on any atom is 0.120 e. The molecule has 1 radical (unpaired) electrons. The first-order valence-corrected chi connectivity index (χ1v) is 21.5. The molecule has 0 unspecified atom stereocenters. The van der Waals surface area contributed by atoms with Gasteiger partial charge in [0, 0.05) is 40.1 Å². The fourth-order valence-electron chi connectivity index (χ4n) is 6.61. The van der Waals surface area contributed by atoms with E-state index in [1.807, 2.05) is 80.7 Å². The molecule has 0 amide bonds. The number of hydrogen-bond acceptors (Lipinski definition) is 3. The smallest absolute Gasteiger partial charge is 0.120 e. The van der Waals surface area contributed by atoms with Gasteiger partial charge in [0.05, 0.1) is 30.5 Å². The van der Waals surface area contributed by atoms with Gasteiger partial charge in [-0.05, 0) is 64.5 Å². The van der Waals surface area contributed by atoms with Gasteiger partial charge in [0.2, 0.25) is 0 Å². The third kappa shape index (κ3) is 8.01. The van der Waals surface area contributed by atoms with Crippen molar-refractivity contribution in [3.05, 3.63) is 145 Å². The minimum Gasteiger partial charge on any atom is -0.501 e. The summed E-state index contributed by atoms with van der Waals surface area (Å²) in [5, 5.41) is 3.29. The van der Waals surface area contributed by atoms with Gasteiger partial charge in [0.25, 0.3) is 0 Å².